The van der Waals surface area contributed by atoms with Gasteiger partial charge in [0.2, 0.25) is 0 Å². The standard InChI is InChI=1S/C12H9ClN4S/c1-7-6-10(13)16-17-11(7)15-12-14-8-4-2-3-5-9(8)18-12/h2-6H,1H3,(H,14,15,17). The van der Waals surface area contributed by atoms with Gasteiger partial charge in [-0.3, -0.25) is 0 Å². The number of aryl methyl sites for hydroxylation is 1. The van der Waals surface area contributed by atoms with Crippen LogP contribution in [0.15, 0.2) is 30.3 Å². The molecule has 18 heavy (non-hydrogen) atoms. The minimum Gasteiger partial charge on any atom is -0.314 e. The number of hydrogen-bond acceptors (Lipinski definition) is 5. The Bertz CT molecular complexity index is 677. The third-order valence-electron chi connectivity index (χ3n) is 2.47. The monoisotopic (exact) mass is 276 g/mol. The number of nitrogens with zero attached hydrogens (tertiary/aromatic N) is 3. The highest BCUT2D eigenvalue weighted by molar-refractivity contribution is 7.22. The molecule has 0 radical (unpaired) electrons. The van der Waals surface area contributed by atoms with Crippen molar-refractivity contribution in [1.29, 1.82) is 0 Å². The zero-order chi connectivity index (χ0) is 12.5. The van der Waals surface area contributed by atoms with Crippen molar-refractivity contribution in [2.45, 2.75) is 6.92 Å². The topological polar surface area (TPSA) is 50.7 Å². The summed E-state index contributed by atoms with van der Waals surface area (Å²) in [6.45, 7) is 1.93. The number of anilines is 2. The third kappa shape index (κ3) is 2.14. The summed E-state index contributed by atoms with van der Waals surface area (Å²) in [5, 5.41) is 12.2. The smallest absolute Gasteiger partial charge is 0.189 e. The Labute approximate surface area is 113 Å². The van der Waals surface area contributed by atoms with Crippen LogP contribution in [0.5, 0.6) is 0 Å². The lowest BCUT2D eigenvalue weighted by molar-refractivity contribution is 1.02. The van der Waals surface area contributed by atoms with E-state index in [0.717, 1.165) is 20.9 Å². The highest BCUT2D eigenvalue weighted by atomic mass is 35.5. The molecule has 0 saturated heterocycles. The van der Waals surface area contributed by atoms with E-state index in [2.05, 4.69) is 20.5 Å². The van der Waals surface area contributed by atoms with Gasteiger partial charge in [-0.2, -0.15) is 0 Å². The minimum atomic E-state index is 0.391. The molecule has 2 aromatic heterocycles. The first-order chi connectivity index (χ1) is 8.72. The molecule has 90 valence electrons. The van der Waals surface area contributed by atoms with Gasteiger partial charge in [0.05, 0.1) is 10.2 Å². The van der Waals surface area contributed by atoms with E-state index in [-0.39, 0.29) is 0 Å². The van der Waals surface area contributed by atoms with Crippen molar-refractivity contribution in [2.75, 3.05) is 5.32 Å². The molecular formula is C12H9ClN4S. The Hall–Kier alpha value is -1.72. The molecule has 1 N–H and O–H groups in total. The molecule has 0 fully saturated rings. The SMILES string of the molecule is Cc1cc(Cl)nnc1Nc1nc2ccccc2s1. The first-order valence-electron chi connectivity index (χ1n) is 5.35. The van der Waals surface area contributed by atoms with E-state index < -0.39 is 0 Å². The molecule has 0 aliphatic heterocycles. The fraction of sp³-hybridized carbons (Fsp3) is 0.0833. The first kappa shape index (κ1) is 11.4. The molecule has 0 amide bonds. The van der Waals surface area contributed by atoms with Crippen LogP contribution in [-0.2, 0) is 0 Å². The number of nitrogens with one attached hydrogen (secondary N) is 1. The van der Waals surface area contributed by atoms with Crippen LogP contribution in [0.4, 0.5) is 10.9 Å². The molecule has 0 aliphatic rings. The van der Waals surface area contributed by atoms with E-state index in [1.807, 2.05) is 31.2 Å². The Balaban J connectivity index is 1.96. The number of aromatic nitrogens is 3. The predicted molar refractivity (Wildman–Crippen MR) is 74.7 cm³/mol. The number of rotatable bonds is 2. The summed E-state index contributed by atoms with van der Waals surface area (Å²) in [6.07, 6.45) is 0. The summed E-state index contributed by atoms with van der Waals surface area (Å²) in [5.74, 6) is 0.679. The maximum Gasteiger partial charge on any atom is 0.189 e. The molecule has 0 unspecified atom stereocenters. The van der Waals surface area contributed by atoms with Gasteiger partial charge in [-0.1, -0.05) is 35.1 Å². The summed E-state index contributed by atoms with van der Waals surface area (Å²) in [5.41, 5.74) is 1.92. The maximum absolute atomic E-state index is 5.77. The minimum absolute atomic E-state index is 0.391. The van der Waals surface area contributed by atoms with Gasteiger partial charge in [-0.05, 0) is 30.7 Å². The first-order valence-corrected chi connectivity index (χ1v) is 6.54. The molecule has 0 aliphatic carbocycles. The number of para-hydroxylation sites is 1. The molecule has 3 aromatic rings. The lowest BCUT2D eigenvalue weighted by Crippen LogP contribution is -1.97. The van der Waals surface area contributed by atoms with Crippen molar-refractivity contribution in [3.63, 3.8) is 0 Å². The summed E-state index contributed by atoms with van der Waals surface area (Å²) in [7, 11) is 0. The molecule has 4 nitrogen and oxygen atoms in total. The lowest BCUT2D eigenvalue weighted by atomic mass is 10.3. The average molecular weight is 277 g/mol. The van der Waals surface area contributed by atoms with Crippen LogP contribution in [0.2, 0.25) is 5.15 Å². The van der Waals surface area contributed by atoms with Crippen LogP contribution in [0.25, 0.3) is 10.2 Å². The normalized spacial score (nSPS) is 10.8. The van der Waals surface area contributed by atoms with Gasteiger partial charge in [0, 0.05) is 0 Å². The van der Waals surface area contributed by atoms with Crippen LogP contribution in [0.1, 0.15) is 5.56 Å². The highest BCUT2D eigenvalue weighted by Crippen LogP contribution is 2.28. The molecule has 6 heteroatoms. The lowest BCUT2D eigenvalue weighted by Gasteiger charge is -2.03. The quantitative estimate of drug-likeness (QED) is 0.774. The van der Waals surface area contributed by atoms with Crippen LogP contribution < -0.4 is 5.32 Å². The second-order valence-electron chi connectivity index (χ2n) is 3.81. The summed E-state index contributed by atoms with van der Waals surface area (Å²) >= 11 is 7.35. The van der Waals surface area contributed by atoms with Crippen molar-refractivity contribution in [3.05, 3.63) is 41.0 Å². The van der Waals surface area contributed by atoms with Gasteiger partial charge in [-0.25, -0.2) is 4.98 Å². The number of fused-ring (bicyclic) bond motifs is 1. The zero-order valence-electron chi connectivity index (χ0n) is 9.51. The van der Waals surface area contributed by atoms with E-state index in [1.54, 1.807) is 17.4 Å². The molecule has 0 saturated carbocycles. The zero-order valence-corrected chi connectivity index (χ0v) is 11.1. The predicted octanol–water partition coefficient (Wildman–Crippen LogP) is 3.79. The van der Waals surface area contributed by atoms with Crippen molar-refractivity contribution in [3.8, 4) is 0 Å². The van der Waals surface area contributed by atoms with Gasteiger partial charge in [0.1, 0.15) is 0 Å². The van der Waals surface area contributed by atoms with E-state index in [0.29, 0.717) is 11.0 Å². The Morgan fingerprint density at radius 3 is 2.83 bits per heavy atom. The molecule has 3 rings (SSSR count). The van der Waals surface area contributed by atoms with Crippen molar-refractivity contribution in [2.24, 2.45) is 0 Å². The third-order valence-corrected chi connectivity index (χ3v) is 3.61. The van der Waals surface area contributed by atoms with E-state index in [1.165, 1.54) is 0 Å². The fourth-order valence-corrected chi connectivity index (χ4v) is 2.67. The van der Waals surface area contributed by atoms with Crippen LogP contribution in [-0.4, -0.2) is 15.2 Å². The molecule has 0 spiro atoms. The van der Waals surface area contributed by atoms with Gasteiger partial charge in [0.15, 0.2) is 16.1 Å². The number of halogens is 1. The van der Waals surface area contributed by atoms with Crippen molar-refractivity contribution < 1.29 is 0 Å². The number of hydrogen-bond donors (Lipinski definition) is 1. The second kappa shape index (κ2) is 4.51. The summed E-state index contributed by atoms with van der Waals surface area (Å²) in [4.78, 5) is 4.48. The van der Waals surface area contributed by atoms with Crippen LogP contribution in [0, 0.1) is 6.92 Å². The second-order valence-corrected chi connectivity index (χ2v) is 5.23. The van der Waals surface area contributed by atoms with Gasteiger partial charge >= 0.3 is 0 Å². The van der Waals surface area contributed by atoms with Gasteiger partial charge < -0.3 is 5.32 Å². The van der Waals surface area contributed by atoms with E-state index in [4.69, 9.17) is 11.6 Å². The van der Waals surface area contributed by atoms with Crippen LogP contribution >= 0.6 is 22.9 Å². The van der Waals surface area contributed by atoms with Crippen LogP contribution in [0.3, 0.4) is 0 Å². The summed E-state index contributed by atoms with van der Waals surface area (Å²) in [6, 6.07) is 9.76. The largest absolute Gasteiger partial charge is 0.314 e. The molecule has 0 bridgehead atoms. The molecule has 0 atom stereocenters. The Morgan fingerprint density at radius 1 is 1.22 bits per heavy atom. The fourth-order valence-electron chi connectivity index (χ4n) is 1.60. The summed E-state index contributed by atoms with van der Waals surface area (Å²) < 4.78 is 1.14. The molecule has 2 heterocycles. The highest BCUT2D eigenvalue weighted by Gasteiger charge is 2.07. The molecular weight excluding hydrogens is 268 g/mol. The number of benzene rings is 1. The van der Waals surface area contributed by atoms with E-state index >= 15 is 0 Å². The molecule has 1 aromatic carbocycles. The van der Waals surface area contributed by atoms with Crippen molar-refractivity contribution in [1.82, 2.24) is 15.2 Å². The Morgan fingerprint density at radius 2 is 2.06 bits per heavy atom. The van der Waals surface area contributed by atoms with Gasteiger partial charge in [-0.15, -0.1) is 10.2 Å². The van der Waals surface area contributed by atoms with Gasteiger partial charge in [0.25, 0.3) is 0 Å². The van der Waals surface area contributed by atoms with E-state index in [9.17, 15) is 0 Å². The number of thiazole rings is 1. The Kier molecular flexibility index (Phi) is 2.85. The average Bonchev–Trinajstić information content (AvgIpc) is 2.75. The maximum atomic E-state index is 5.77. The van der Waals surface area contributed by atoms with Crippen molar-refractivity contribution >= 4 is 44.1 Å².